The summed E-state index contributed by atoms with van der Waals surface area (Å²) in [5.41, 5.74) is 1.48. The van der Waals surface area contributed by atoms with Gasteiger partial charge in [0.05, 0.1) is 13.7 Å². The van der Waals surface area contributed by atoms with E-state index in [-0.39, 0.29) is 5.91 Å². The lowest BCUT2D eigenvalue weighted by molar-refractivity contribution is 0.0772. The third kappa shape index (κ3) is 4.91. The second-order valence-corrected chi connectivity index (χ2v) is 5.70. The van der Waals surface area contributed by atoms with Crippen LogP contribution in [0.25, 0.3) is 0 Å². The van der Waals surface area contributed by atoms with E-state index in [2.05, 4.69) is 0 Å². The molecule has 0 N–H and O–H groups in total. The maximum Gasteiger partial charge on any atom is 0.253 e. The first kappa shape index (κ1) is 19.6. The van der Waals surface area contributed by atoms with Gasteiger partial charge in [-0.3, -0.25) is 4.79 Å². The monoisotopic (exact) mass is 357 g/mol. The summed E-state index contributed by atoms with van der Waals surface area (Å²) >= 11 is 0. The third-order valence-corrected chi connectivity index (χ3v) is 4.09. The zero-order valence-electron chi connectivity index (χ0n) is 16.0. The summed E-state index contributed by atoms with van der Waals surface area (Å²) in [5, 5.41) is 0. The van der Waals surface area contributed by atoms with E-state index in [1.165, 1.54) is 0 Å². The molecule has 0 aliphatic rings. The number of hydrogen-bond donors (Lipinski definition) is 0. The number of nitrogens with zero attached hydrogens (tertiary/aromatic N) is 1. The molecule has 0 heterocycles. The lowest BCUT2D eigenvalue weighted by Crippen LogP contribution is -2.30. The molecule has 0 saturated carbocycles. The number of benzene rings is 2. The predicted octanol–water partition coefficient (Wildman–Crippen LogP) is 4.15. The van der Waals surface area contributed by atoms with Gasteiger partial charge in [0, 0.05) is 30.3 Å². The molecule has 0 aliphatic heterocycles. The Balaban J connectivity index is 2.23. The molecule has 0 radical (unpaired) electrons. The molecular formula is C21H27NO4. The highest BCUT2D eigenvalue weighted by Gasteiger charge is 2.15. The SMILES string of the molecule is CCOc1ccc(C(=O)N(CC)CC)cc1COc1cccc(OC)c1. The van der Waals surface area contributed by atoms with Gasteiger partial charge in [-0.1, -0.05) is 6.07 Å². The van der Waals surface area contributed by atoms with E-state index in [1.54, 1.807) is 18.1 Å². The number of ether oxygens (including phenoxy) is 3. The van der Waals surface area contributed by atoms with E-state index in [0.29, 0.717) is 37.6 Å². The van der Waals surface area contributed by atoms with E-state index in [1.807, 2.05) is 57.2 Å². The third-order valence-electron chi connectivity index (χ3n) is 4.09. The first-order valence-electron chi connectivity index (χ1n) is 8.94. The van der Waals surface area contributed by atoms with Crippen LogP contribution in [-0.4, -0.2) is 37.6 Å². The molecule has 0 atom stereocenters. The summed E-state index contributed by atoms with van der Waals surface area (Å²) in [6, 6.07) is 12.9. The first-order chi connectivity index (χ1) is 12.6. The summed E-state index contributed by atoms with van der Waals surface area (Å²) in [6.07, 6.45) is 0. The molecule has 26 heavy (non-hydrogen) atoms. The van der Waals surface area contributed by atoms with Gasteiger partial charge in [0.25, 0.3) is 5.91 Å². The standard InChI is InChI=1S/C21H27NO4/c1-5-22(6-2)21(23)16-11-12-20(25-7-3)17(13-16)15-26-19-10-8-9-18(14-19)24-4/h8-14H,5-7,15H2,1-4H3. The smallest absolute Gasteiger partial charge is 0.253 e. The summed E-state index contributed by atoms with van der Waals surface area (Å²) in [5.74, 6) is 2.18. The van der Waals surface area contributed by atoms with Gasteiger partial charge in [0.15, 0.2) is 0 Å². The van der Waals surface area contributed by atoms with Gasteiger partial charge >= 0.3 is 0 Å². The Morgan fingerprint density at radius 3 is 2.35 bits per heavy atom. The van der Waals surface area contributed by atoms with Crippen molar-refractivity contribution in [3.05, 3.63) is 53.6 Å². The zero-order chi connectivity index (χ0) is 18.9. The maximum absolute atomic E-state index is 12.6. The summed E-state index contributed by atoms with van der Waals surface area (Å²) in [7, 11) is 1.62. The summed E-state index contributed by atoms with van der Waals surface area (Å²) in [4.78, 5) is 14.4. The van der Waals surface area contributed by atoms with Crippen LogP contribution in [0.3, 0.4) is 0 Å². The van der Waals surface area contributed by atoms with Crippen LogP contribution in [0.1, 0.15) is 36.7 Å². The molecule has 0 spiro atoms. The van der Waals surface area contributed by atoms with Gasteiger partial charge < -0.3 is 19.1 Å². The minimum absolute atomic E-state index is 0.0145. The zero-order valence-corrected chi connectivity index (χ0v) is 16.0. The van der Waals surface area contributed by atoms with Crippen LogP contribution < -0.4 is 14.2 Å². The molecule has 0 saturated heterocycles. The molecule has 5 nitrogen and oxygen atoms in total. The molecular weight excluding hydrogens is 330 g/mol. The minimum atomic E-state index is 0.0145. The first-order valence-corrected chi connectivity index (χ1v) is 8.94. The molecule has 0 unspecified atom stereocenters. The molecule has 2 aromatic carbocycles. The fourth-order valence-corrected chi connectivity index (χ4v) is 2.67. The average Bonchev–Trinajstić information content (AvgIpc) is 2.68. The topological polar surface area (TPSA) is 48.0 Å². The van der Waals surface area contributed by atoms with Crippen molar-refractivity contribution < 1.29 is 19.0 Å². The number of rotatable bonds is 9. The Morgan fingerprint density at radius 2 is 1.69 bits per heavy atom. The number of methoxy groups -OCH3 is 1. The van der Waals surface area contributed by atoms with Crippen LogP contribution in [-0.2, 0) is 6.61 Å². The summed E-state index contributed by atoms with van der Waals surface area (Å²) in [6.45, 7) is 8.10. The van der Waals surface area contributed by atoms with Gasteiger partial charge in [-0.05, 0) is 51.1 Å². The molecule has 0 aromatic heterocycles. The van der Waals surface area contributed by atoms with Crippen molar-refractivity contribution in [2.75, 3.05) is 26.8 Å². The van der Waals surface area contributed by atoms with Crippen molar-refractivity contribution in [1.82, 2.24) is 4.90 Å². The van der Waals surface area contributed by atoms with Crippen molar-refractivity contribution in [2.45, 2.75) is 27.4 Å². The number of amides is 1. The van der Waals surface area contributed by atoms with Crippen LogP contribution >= 0.6 is 0 Å². The molecule has 1 amide bonds. The van der Waals surface area contributed by atoms with E-state index in [4.69, 9.17) is 14.2 Å². The molecule has 0 bridgehead atoms. The molecule has 0 aliphatic carbocycles. The fourth-order valence-electron chi connectivity index (χ4n) is 2.67. The number of hydrogen-bond acceptors (Lipinski definition) is 4. The Morgan fingerprint density at radius 1 is 0.962 bits per heavy atom. The molecule has 140 valence electrons. The second-order valence-electron chi connectivity index (χ2n) is 5.70. The van der Waals surface area contributed by atoms with Crippen molar-refractivity contribution in [1.29, 1.82) is 0 Å². The van der Waals surface area contributed by atoms with Crippen molar-refractivity contribution in [3.63, 3.8) is 0 Å². The van der Waals surface area contributed by atoms with E-state index < -0.39 is 0 Å². The predicted molar refractivity (Wildman–Crippen MR) is 102 cm³/mol. The Bertz CT molecular complexity index is 726. The van der Waals surface area contributed by atoms with Crippen molar-refractivity contribution in [3.8, 4) is 17.2 Å². The summed E-state index contributed by atoms with van der Waals surface area (Å²) < 4.78 is 16.8. The highest BCUT2D eigenvalue weighted by Crippen LogP contribution is 2.25. The van der Waals surface area contributed by atoms with Crippen molar-refractivity contribution in [2.24, 2.45) is 0 Å². The van der Waals surface area contributed by atoms with Crippen LogP contribution in [0, 0.1) is 0 Å². The Hall–Kier alpha value is -2.69. The van der Waals surface area contributed by atoms with Crippen LogP contribution in [0.5, 0.6) is 17.2 Å². The van der Waals surface area contributed by atoms with Crippen LogP contribution in [0.4, 0.5) is 0 Å². The van der Waals surface area contributed by atoms with Gasteiger partial charge in [-0.25, -0.2) is 0 Å². The second kappa shape index (κ2) is 9.70. The number of carbonyl (C=O) groups excluding carboxylic acids is 1. The van der Waals surface area contributed by atoms with E-state index in [9.17, 15) is 4.79 Å². The molecule has 5 heteroatoms. The Labute approximate surface area is 155 Å². The number of carbonyl (C=O) groups is 1. The fraction of sp³-hybridized carbons (Fsp3) is 0.381. The minimum Gasteiger partial charge on any atom is -0.497 e. The highest BCUT2D eigenvalue weighted by atomic mass is 16.5. The maximum atomic E-state index is 12.6. The van der Waals surface area contributed by atoms with Gasteiger partial charge in [0.2, 0.25) is 0 Å². The lowest BCUT2D eigenvalue weighted by atomic mass is 10.1. The Kier molecular flexibility index (Phi) is 7.33. The quantitative estimate of drug-likeness (QED) is 0.676. The van der Waals surface area contributed by atoms with Gasteiger partial charge in [-0.15, -0.1) is 0 Å². The van der Waals surface area contributed by atoms with Crippen LogP contribution in [0.2, 0.25) is 0 Å². The van der Waals surface area contributed by atoms with Crippen molar-refractivity contribution >= 4 is 5.91 Å². The average molecular weight is 357 g/mol. The lowest BCUT2D eigenvalue weighted by Gasteiger charge is -2.20. The van der Waals surface area contributed by atoms with Crippen LogP contribution in [0.15, 0.2) is 42.5 Å². The highest BCUT2D eigenvalue weighted by molar-refractivity contribution is 5.94. The largest absolute Gasteiger partial charge is 0.497 e. The molecule has 2 rings (SSSR count). The van der Waals surface area contributed by atoms with Gasteiger partial charge in [-0.2, -0.15) is 0 Å². The molecule has 2 aromatic rings. The normalized spacial score (nSPS) is 10.3. The molecule has 0 fully saturated rings. The van der Waals surface area contributed by atoms with E-state index >= 15 is 0 Å². The van der Waals surface area contributed by atoms with Gasteiger partial charge in [0.1, 0.15) is 23.9 Å². The van der Waals surface area contributed by atoms with E-state index in [0.717, 1.165) is 17.1 Å².